The minimum Gasteiger partial charge on any atom is -0.368 e. The van der Waals surface area contributed by atoms with Gasteiger partial charge in [0.2, 0.25) is 0 Å². The molecule has 1 aromatic carbocycles. The number of hydrogen-bond donors (Lipinski definition) is 1. The summed E-state index contributed by atoms with van der Waals surface area (Å²) in [6, 6.07) is 8.96. The Labute approximate surface area is 116 Å². The van der Waals surface area contributed by atoms with Gasteiger partial charge < -0.3 is 10.2 Å². The lowest BCUT2D eigenvalue weighted by atomic mass is 9.95. The summed E-state index contributed by atoms with van der Waals surface area (Å²) >= 11 is 0. The second-order valence-corrected chi connectivity index (χ2v) is 6.21. The van der Waals surface area contributed by atoms with Crippen molar-refractivity contribution in [1.82, 2.24) is 5.32 Å². The van der Waals surface area contributed by atoms with E-state index in [1.165, 1.54) is 16.8 Å². The van der Waals surface area contributed by atoms with Gasteiger partial charge in [0.25, 0.3) is 0 Å². The maximum Gasteiger partial charge on any atom is 0.0638 e. The first-order chi connectivity index (χ1) is 8.93. The lowest BCUT2D eigenvalue weighted by molar-refractivity contribution is 0.291. The van der Waals surface area contributed by atoms with E-state index < -0.39 is 0 Å². The Balaban J connectivity index is 2.31. The van der Waals surface area contributed by atoms with Gasteiger partial charge in [-0.15, -0.1) is 0 Å². The van der Waals surface area contributed by atoms with E-state index in [-0.39, 0.29) is 11.6 Å². The van der Waals surface area contributed by atoms with Gasteiger partial charge in [-0.25, -0.2) is 0 Å². The third-order valence-electron chi connectivity index (χ3n) is 3.72. The van der Waals surface area contributed by atoms with Crippen LogP contribution in [0, 0.1) is 25.2 Å². The number of anilines is 1. The summed E-state index contributed by atoms with van der Waals surface area (Å²) in [6.07, 6.45) is 0.560. The summed E-state index contributed by atoms with van der Waals surface area (Å²) in [5.41, 5.74) is 4.00. The van der Waals surface area contributed by atoms with Crippen molar-refractivity contribution in [1.29, 1.82) is 5.26 Å². The maximum absolute atomic E-state index is 8.95. The van der Waals surface area contributed by atoms with E-state index in [2.05, 4.69) is 62.2 Å². The van der Waals surface area contributed by atoms with Crippen LogP contribution in [0.25, 0.3) is 0 Å². The van der Waals surface area contributed by atoms with Crippen LogP contribution >= 0.6 is 0 Å². The molecule has 0 spiro atoms. The third kappa shape index (κ3) is 3.08. The van der Waals surface area contributed by atoms with E-state index >= 15 is 0 Å². The Morgan fingerprint density at radius 3 is 2.58 bits per heavy atom. The average molecular weight is 257 g/mol. The minimum atomic E-state index is 0.0362. The van der Waals surface area contributed by atoms with Crippen LogP contribution in [0.5, 0.6) is 0 Å². The van der Waals surface area contributed by atoms with E-state index in [0.29, 0.717) is 6.42 Å². The highest BCUT2D eigenvalue weighted by Crippen LogP contribution is 2.28. The minimum absolute atomic E-state index is 0.0362. The molecule has 0 amide bonds. The first-order valence-electron chi connectivity index (χ1n) is 6.89. The average Bonchev–Trinajstić information content (AvgIpc) is 2.26. The molecule has 19 heavy (non-hydrogen) atoms. The van der Waals surface area contributed by atoms with Crippen LogP contribution in [0.1, 0.15) is 31.4 Å². The molecule has 1 aliphatic rings. The Morgan fingerprint density at radius 2 is 2.00 bits per heavy atom. The lowest BCUT2D eigenvalue weighted by Gasteiger charge is -2.45. The lowest BCUT2D eigenvalue weighted by Crippen LogP contribution is -2.62. The number of aryl methyl sites for hydroxylation is 2. The fourth-order valence-corrected chi connectivity index (χ4v) is 3.15. The molecule has 3 nitrogen and oxygen atoms in total. The van der Waals surface area contributed by atoms with Gasteiger partial charge in [-0.3, -0.25) is 0 Å². The first-order valence-corrected chi connectivity index (χ1v) is 6.89. The number of nitrogens with zero attached hydrogens (tertiary/aromatic N) is 2. The molecule has 1 heterocycles. The van der Waals surface area contributed by atoms with Crippen molar-refractivity contribution in [2.24, 2.45) is 0 Å². The first kappa shape index (κ1) is 13.9. The van der Waals surface area contributed by atoms with Gasteiger partial charge in [-0.2, -0.15) is 5.26 Å². The molecule has 1 atom stereocenters. The van der Waals surface area contributed by atoms with E-state index in [9.17, 15) is 0 Å². The van der Waals surface area contributed by atoms with Crippen molar-refractivity contribution in [3.63, 3.8) is 0 Å². The molecule has 1 fully saturated rings. The van der Waals surface area contributed by atoms with Crippen LogP contribution in [-0.4, -0.2) is 24.7 Å². The van der Waals surface area contributed by atoms with Gasteiger partial charge in [0, 0.05) is 30.4 Å². The Kier molecular flexibility index (Phi) is 3.82. The number of nitriles is 1. The monoisotopic (exact) mass is 257 g/mol. The van der Waals surface area contributed by atoms with Crippen molar-refractivity contribution in [3.8, 4) is 6.07 Å². The summed E-state index contributed by atoms with van der Waals surface area (Å²) in [4.78, 5) is 2.43. The summed E-state index contributed by atoms with van der Waals surface area (Å²) in [6.45, 7) is 10.6. The SMILES string of the molecule is Cc1cccc(C)c1N1CC(CC#N)NC(C)(C)C1. The van der Waals surface area contributed by atoms with Crippen LogP contribution in [0.15, 0.2) is 18.2 Å². The zero-order valence-corrected chi connectivity index (χ0v) is 12.3. The molecule has 0 radical (unpaired) electrons. The number of para-hydroxylation sites is 1. The van der Waals surface area contributed by atoms with Crippen LogP contribution in [0.3, 0.4) is 0 Å². The molecule has 0 aromatic heterocycles. The molecule has 1 unspecified atom stereocenters. The zero-order chi connectivity index (χ0) is 14.0. The third-order valence-corrected chi connectivity index (χ3v) is 3.72. The van der Waals surface area contributed by atoms with E-state index in [1.807, 2.05) is 0 Å². The Morgan fingerprint density at radius 1 is 1.37 bits per heavy atom. The largest absolute Gasteiger partial charge is 0.368 e. The topological polar surface area (TPSA) is 39.1 Å². The molecule has 0 aliphatic carbocycles. The summed E-state index contributed by atoms with van der Waals surface area (Å²) in [5, 5.41) is 12.5. The van der Waals surface area contributed by atoms with E-state index in [4.69, 9.17) is 5.26 Å². The highest BCUT2D eigenvalue weighted by molar-refractivity contribution is 5.59. The summed E-state index contributed by atoms with van der Waals surface area (Å²) in [5.74, 6) is 0. The second-order valence-electron chi connectivity index (χ2n) is 6.21. The highest BCUT2D eigenvalue weighted by Gasteiger charge is 2.32. The highest BCUT2D eigenvalue weighted by atomic mass is 15.2. The molecule has 1 saturated heterocycles. The van der Waals surface area contributed by atoms with Gasteiger partial charge >= 0.3 is 0 Å². The molecule has 2 rings (SSSR count). The van der Waals surface area contributed by atoms with Gasteiger partial charge in [0.1, 0.15) is 0 Å². The number of rotatable bonds is 2. The standard InChI is InChI=1S/C16H23N3/c1-12-6-5-7-13(2)15(12)19-10-14(8-9-17)18-16(3,4)11-19/h5-7,14,18H,8,10-11H2,1-4H3. The quantitative estimate of drug-likeness (QED) is 0.885. The van der Waals surface area contributed by atoms with Crippen molar-refractivity contribution in [2.45, 2.75) is 45.7 Å². The van der Waals surface area contributed by atoms with Crippen molar-refractivity contribution >= 4 is 5.69 Å². The smallest absolute Gasteiger partial charge is 0.0638 e. The van der Waals surface area contributed by atoms with Gasteiger partial charge in [-0.05, 0) is 38.8 Å². The molecule has 1 N–H and O–H groups in total. The fourth-order valence-electron chi connectivity index (χ4n) is 3.15. The number of nitrogens with one attached hydrogen (secondary N) is 1. The molecular weight excluding hydrogens is 234 g/mol. The molecule has 0 bridgehead atoms. The van der Waals surface area contributed by atoms with Crippen molar-refractivity contribution in [2.75, 3.05) is 18.0 Å². The predicted octanol–water partition coefficient (Wildman–Crippen LogP) is 2.77. The predicted molar refractivity (Wildman–Crippen MR) is 79.4 cm³/mol. The molecular formula is C16H23N3. The molecule has 102 valence electrons. The molecule has 1 aliphatic heterocycles. The van der Waals surface area contributed by atoms with Gasteiger partial charge in [0.05, 0.1) is 12.5 Å². The second kappa shape index (κ2) is 5.22. The molecule has 0 saturated carbocycles. The van der Waals surface area contributed by atoms with E-state index in [1.54, 1.807) is 0 Å². The van der Waals surface area contributed by atoms with Gasteiger partial charge in [-0.1, -0.05) is 18.2 Å². The van der Waals surface area contributed by atoms with Gasteiger partial charge in [0.15, 0.2) is 0 Å². The van der Waals surface area contributed by atoms with Crippen LogP contribution in [-0.2, 0) is 0 Å². The fraction of sp³-hybridized carbons (Fsp3) is 0.562. The Hall–Kier alpha value is -1.53. The number of piperazine rings is 1. The van der Waals surface area contributed by atoms with Crippen LogP contribution < -0.4 is 10.2 Å². The summed E-state index contributed by atoms with van der Waals surface area (Å²) in [7, 11) is 0. The molecule has 1 aromatic rings. The Bertz CT molecular complexity index is 479. The zero-order valence-electron chi connectivity index (χ0n) is 12.3. The maximum atomic E-state index is 8.95. The van der Waals surface area contributed by atoms with Crippen molar-refractivity contribution < 1.29 is 0 Å². The van der Waals surface area contributed by atoms with Crippen molar-refractivity contribution in [3.05, 3.63) is 29.3 Å². The number of hydrogen-bond acceptors (Lipinski definition) is 3. The van der Waals surface area contributed by atoms with Crippen LogP contribution in [0.4, 0.5) is 5.69 Å². The normalized spacial score (nSPS) is 22.1. The molecule has 3 heteroatoms. The van der Waals surface area contributed by atoms with E-state index in [0.717, 1.165) is 13.1 Å². The van der Waals surface area contributed by atoms with Crippen LogP contribution in [0.2, 0.25) is 0 Å². The number of benzene rings is 1. The summed E-state index contributed by atoms with van der Waals surface area (Å²) < 4.78 is 0.